The van der Waals surface area contributed by atoms with Crippen molar-refractivity contribution in [3.05, 3.63) is 83.7 Å². The SMILES string of the molecule is CC(C)(Oc1cccc(C2CCCN(C(=O)C3(F)C=CC=C(c4ccc(F)cc4)C3)C2)c1)C(=O)N1CCC(N)CC1. The Hall–Kier alpha value is -3.52. The Morgan fingerprint density at radius 1 is 1.02 bits per heavy atom. The molecule has 2 aliphatic heterocycles. The van der Waals surface area contributed by atoms with Crippen molar-refractivity contribution in [2.45, 2.75) is 69.2 Å². The third-order valence-corrected chi connectivity index (χ3v) is 8.43. The van der Waals surface area contributed by atoms with Gasteiger partial charge in [0.2, 0.25) is 5.67 Å². The average Bonchev–Trinajstić information content (AvgIpc) is 2.97. The summed E-state index contributed by atoms with van der Waals surface area (Å²) in [6.45, 7) is 5.71. The number of piperidine rings is 2. The molecule has 2 amide bonds. The number of alkyl halides is 1. The summed E-state index contributed by atoms with van der Waals surface area (Å²) < 4.78 is 35.7. The third-order valence-electron chi connectivity index (χ3n) is 8.43. The summed E-state index contributed by atoms with van der Waals surface area (Å²) in [5.74, 6) is -0.371. The van der Waals surface area contributed by atoms with Gasteiger partial charge >= 0.3 is 0 Å². The molecule has 2 fully saturated rings. The summed E-state index contributed by atoms with van der Waals surface area (Å²) >= 11 is 0. The number of halogens is 2. The summed E-state index contributed by atoms with van der Waals surface area (Å²) in [5, 5.41) is 0. The Kier molecular flexibility index (Phi) is 8.32. The molecule has 5 rings (SSSR count). The van der Waals surface area contributed by atoms with Crippen molar-refractivity contribution in [2.75, 3.05) is 26.2 Å². The predicted octanol–water partition coefficient (Wildman–Crippen LogP) is 5.39. The Balaban J connectivity index is 1.25. The van der Waals surface area contributed by atoms with Crippen molar-refractivity contribution >= 4 is 17.4 Å². The maximum Gasteiger partial charge on any atom is 0.266 e. The van der Waals surface area contributed by atoms with E-state index >= 15 is 4.39 Å². The predicted molar refractivity (Wildman–Crippen MR) is 155 cm³/mol. The van der Waals surface area contributed by atoms with Crippen LogP contribution in [0.3, 0.4) is 0 Å². The van der Waals surface area contributed by atoms with Gasteiger partial charge in [-0.1, -0.05) is 36.4 Å². The summed E-state index contributed by atoms with van der Waals surface area (Å²) in [6, 6.07) is 13.7. The summed E-state index contributed by atoms with van der Waals surface area (Å²) in [5.41, 5.74) is 5.15. The van der Waals surface area contributed by atoms with E-state index in [1.807, 2.05) is 29.2 Å². The molecule has 2 heterocycles. The number of hydrogen-bond acceptors (Lipinski definition) is 4. The average molecular weight is 564 g/mol. The first-order valence-corrected chi connectivity index (χ1v) is 14.5. The van der Waals surface area contributed by atoms with Gasteiger partial charge in [-0.2, -0.15) is 0 Å². The highest BCUT2D eigenvalue weighted by molar-refractivity contribution is 5.91. The van der Waals surface area contributed by atoms with Crippen molar-refractivity contribution in [3.63, 3.8) is 0 Å². The second-order valence-electron chi connectivity index (χ2n) is 12.0. The lowest BCUT2D eigenvalue weighted by Gasteiger charge is -2.38. The lowest BCUT2D eigenvalue weighted by atomic mass is 9.85. The first kappa shape index (κ1) is 29.0. The summed E-state index contributed by atoms with van der Waals surface area (Å²) in [4.78, 5) is 30.2. The first-order chi connectivity index (χ1) is 19.5. The van der Waals surface area contributed by atoms with Crippen LogP contribution < -0.4 is 10.5 Å². The molecule has 2 saturated heterocycles. The van der Waals surface area contributed by atoms with Crippen LogP contribution in [0.4, 0.5) is 8.78 Å². The molecular formula is C33H39F2N3O3. The fraction of sp³-hybridized carbons (Fsp3) is 0.455. The van der Waals surface area contributed by atoms with Gasteiger partial charge in [0, 0.05) is 44.6 Å². The maximum atomic E-state index is 16.1. The van der Waals surface area contributed by atoms with Crippen molar-refractivity contribution in [1.82, 2.24) is 9.80 Å². The highest BCUT2D eigenvalue weighted by atomic mass is 19.1. The van der Waals surface area contributed by atoms with Gasteiger partial charge < -0.3 is 20.3 Å². The van der Waals surface area contributed by atoms with Gasteiger partial charge in [0.25, 0.3) is 11.8 Å². The van der Waals surface area contributed by atoms with Gasteiger partial charge in [-0.15, -0.1) is 0 Å². The van der Waals surface area contributed by atoms with Gasteiger partial charge in [-0.3, -0.25) is 9.59 Å². The number of hydrogen-bond donors (Lipinski definition) is 1. The molecule has 1 aliphatic carbocycles. The molecule has 0 radical (unpaired) electrons. The van der Waals surface area contributed by atoms with E-state index in [1.165, 1.54) is 18.2 Å². The molecular weight excluding hydrogens is 524 g/mol. The molecule has 0 bridgehead atoms. The van der Waals surface area contributed by atoms with Crippen LogP contribution in [0.15, 0.2) is 66.8 Å². The number of carbonyl (C=O) groups excluding carboxylic acids is 2. The van der Waals surface area contributed by atoms with E-state index in [0.29, 0.717) is 43.1 Å². The highest BCUT2D eigenvalue weighted by Gasteiger charge is 2.43. The number of rotatable bonds is 6. The number of allylic oxidation sites excluding steroid dienone is 3. The lowest BCUT2D eigenvalue weighted by Crippen LogP contribution is -2.52. The van der Waals surface area contributed by atoms with Crippen LogP contribution in [0.5, 0.6) is 5.75 Å². The van der Waals surface area contributed by atoms with Gasteiger partial charge in [0.1, 0.15) is 11.6 Å². The van der Waals surface area contributed by atoms with Crippen LogP contribution in [0, 0.1) is 5.82 Å². The van der Waals surface area contributed by atoms with Crippen LogP contribution in [0.2, 0.25) is 0 Å². The number of ether oxygens (including phenoxy) is 1. The Morgan fingerprint density at radius 2 is 1.76 bits per heavy atom. The van der Waals surface area contributed by atoms with Crippen LogP contribution in [0.1, 0.15) is 63.0 Å². The third kappa shape index (κ3) is 6.53. The van der Waals surface area contributed by atoms with Gasteiger partial charge in [-0.25, -0.2) is 8.78 Å². The number of benzene rings is 2. The van der Waals surface area contributed by atoms with E-state index in [9.17, 15) is 14.0 Å². The molecule has 0 aromatic heterocycles. The van der Waals surface area contributed by atoms with Gasteiger partial charge in [0.05, 0.1) is 0 Å². The number of amides is 2. The van der Waals surface area contributed by atoms with E-state index in [0.717, 1.165) is 31.2 Å². The number of carbonyl (C=O) groups is 2. The highest BCUT2D eigenvalue weighted by Crippen LogP contribution is 2.37. The molecule has 0 saturated carbocycles. The van der Waals surface area contributed by atoms with Crippen LogP contribution in [-0.2, 0) is 9.59 Å². The van der Waals surface area contributed by atoms with E-state index in [1.54, 1.807) is 43.0 Å². The Labute approximate surface area is 240 Å². The topological polar surface area (TPSA) is 75.9 Å². The zero-order valence-corrected chi connectivity index (χ0v) is 23.8. The first-order valence-electron chi connectivity index (χ1n) is 14.5. The van der Waals surface area contributed by atoms with Crippen molar-refractivity contribution < 1.29 is 23.1 Å². The maximum absolute atomic E-state index is 16.1. The number of nitrogens with two attached hydrogens (primary N) is 1. The molecule has 8 heteroatoms. The number of likely N-dealkylation sites (tertiary alicyclic amines) is 2. The standard InChI is InChI=1S/C33H39F2N3O3/c1-32(2,30(39)37-18-14-28(36)15-19-37)41-29-9-3-6-24(20-29)26-8-5-17-38(22-26)31(40)33(35)16-4-7-25(21-33)23-10-12-27(34)13-11-23/h3-4,6-7,9-13,16,20,26,28H,5,8,14-15,17-19,21-22,36H2,1-2H3. The second kappa shape index (κ2) is 11.8. The zero-order chi connectivity index (χ0) is 29.2. The normalized spacial score (nSPS) is 23.7. The quantitative estimate of drug-likeness (QED) is 0.512. The van der Waals surface area contributed by atoms with Crippen LogP contribution in [-0.4, -0.2) is 65.1 Å². The molecule has 218 valence electrons. The van der Waals surface area contributed by atoms with Gasteiger partial charge in [-0.05, 0) is 86.6 Å². The second-order valence-corrected chi connectivity index (χ2v) is 12.0. The Morgan fingerprint density at radius 3 is 2.49 bits per heavy atom. The molecule has 41 heavy (non-hydrogen) atoms. The molecule has 2 aromatic rings. The smallest absolute Gasteiger partial charge is 0.266 e. The molecule has 0 spiro atoms. The molecule has 2 N–H and O–H groups in total. The van der Waals surface area contributed by atoms with Crippen LogP contribution >= 0.6 is 0 Å². The molecule has 2 aromatic carbocycles. The largest absolute Gasteiger partial charge is 0.478 e. The van der Waals surface area contributed by atoms with E-state index in [4.69, 9.17) is 10.5 Å². The molecule has 6 nitrogen and oxygen atoms in total. The van der Waals surface area contributed by atoms with Crippen molar-refractivity contribution in [1.29, 1.82) is 0 Å². The van der Waals surface area contributed by atoms with E-state index < -0.39 is 17.2 Å². The van der Waals surface area contributed by atoms with Gasteiger partial charge in [0.15, 0.2) is 5.60 Å². The zero-order valence-electron chi connectivity index (χ0n) is 23.8. The fourth-order valence-corrected chi connectivity index (χ4v) is 6.07. The van der Waals surface area contributed by atoms with Crippen molar-refractivity contribution in [3.8, 4) is 5.75 Å². The molecule has 3 aliphatic rings. The van der Waals surface area contributed by atoms with E-state index in [2.05, 4.69) is 0 Å². The minimum atomic E-state index is -2.16. The van der Waals surface area contributed by atoms with Crippen LogP contribution in [0.25, 0.3) is 5.57 Å². The summed E-state index contributed by atoms with van der Waals surface area (Å²) in [6.07, 6.45) is 7.77. The Bertz CT molecular complexity index is 1330. The number of nitrogens with zero attached hydrogens (tertiary/aromatic N) is 2. The minimum absolute atomic E-state index is 0.0157. The molecule has 2 unspecified atom stereocenters. The fourth-order valence-electron chi connectivity index (χ4n) is 6.07. The van der Waals surface area contributed by atoms with Crippen molar-refractivity contribution in [2.24, 2.45) is 5.73 Å². The molecule has 2 atom stereocenters. The summed E-state index contributed by atoms with van der Waals surface area (Å²) in [7, 11) is 0. The monoisotopic (exact) mass is 563 g/mol. The lowest BCUT2D eigenvalue weighted by molar-refractivity contribution is -0.146. The van der Waals surface area contributed by atoms with E-state index in [-0.39, 0.29) is 30.1 Å². The minimum Gasteiger partial charge on any atom is -0.478 e.